The molecule has 0 radical (unpaired) electrons. The number of benzene rings is 3. The fourth-order valence-corrected chi connectivity index (χ4v) is 3.73. The Morgan fingerprint density at radius 1 is 0.844 bits per heavy atom. The standard InChI is InChI=1S/C17H13.C7H6.C5H5.2ClH.Zr/c1-3-12-5-7-14-11-15-8-6-13(4-2)10-17(15)16(14)9-12;1-7-5-3-2-4-6-7;1-2-4-5-3-1;;;/h3-7,9-10H,1-2,11H2;1-6H;1-3H,4H2;2*1H;/q-1;;-1;;;+2/p-2. The molecule has 0 saturated carbocycles. The van der Waals surface area contributed by atoms with Gasteiger partial charge in [-0.2, -0.15) is 29.8 Å². The van der Waals surface area contributed by atoms with Gasteiger partial charge >= 0.3 is 63.8 Å². The van der Waals surface area contributed by atoms with Crippen LogP contribution in [0.5, 0.6) is 0 Å². The second-order valence-corrected chi connectivity index (χ2v) is 7.59. The molecule has 0 amide bonds. The molecule has 0 N–H and O–H groups in total. The molecule has 0 bridgehead atoms. The van der Waals surface area contributed by atoms with Gasteiger partial charge in [0, 0.05) is 0 Å². The summed E-state index contributed by atoms with van der Waals surface area (Å²) in [6, 6.07) is 24.4. The molecule has 0 heterocycles. The summed E-state index contributed by atoms with van der Waals surface area (Å²) < 4.78 is 2.17. The van der Waals surface area contributed by atoms with Crippen molar-refractivity contribution in [1.29, 1.82) is 0 Å². The third-order valence-corrected chi connectivity index (χ3v) is 5.68. The van der Waals surface area contributed by atoms with Crippen molar-refractivity contribution in [2.75, 3.05) is 0 Å². The molecule has 0 nitrogen and oxygen atoms in total. The summed E-state index contributed by atoms with van der Waals surface area (Å²) in [5, 5.41) is 0. The maximum atomic E-state index is 3.82. The van der Waals surface area contributed by atoms with Gasteiger partial charge in [-0.05, 0) is 12.0 Å². The first-order valence-electron chi connectivity index (χ1n) is 9.95. The first-order valence-corrected chi connectivity index (χ1v) is 11.4. The summed E-state index contributed by atoms with van der Waals surface area (Å²) in [5.41, 5.74) is 8.89. The predicted octanol–water partition coefficient (Wildman–Crippen LogP) is 1.04. The van der Waals surface area contributed by atoms with Gasteiger partial charge in [0.2, 0.25) is 0 Å². The molecular formula is C29H24Cl2Zr-2. The molecule has 3 heteroatoms. The molecule has 5 rings (SSSR count). The Morgan fingerprint density at radius 2 is 1.56 bits per heavy atom. The van der Waals surface area contributed by atoms with Gasteiger partial charge in [0.1, 0.15) is 0 Å². The monoisotopic (exact) mass is 532 g/mol. The van der Waals surface area contributed by atoms with Crippen molar-refractivity contribution < 1.29 is 49.0 Å². The molecule has 0 fully saturated rings. The Kier molecular flexibility index (Phi) is 13.0. The van der Waals surface area contributed by atoms with Crippen LogP contribution < -0.4 is 24.8 Å². The van der Waals surface area contributed by atoms with Crippen LogP contribution in [-0.2, 0) is 30.7 Å². The van der Waals surface area contributed by atoms with E-state index in [2.05, 4.69) is 83.6 Å². The second-order valence-electron chi connectivity index (χ2n) is 6.88. The number of hydrogen-bond donors (Lipinski definition) is 0. The normalized spacial score (nSPS) is 11.2. The number of fused-ring (bicyclic) bond motifs is 3. The Hall–Kier alpha value is -2.05. The van der Waals surface area contributed by atoms with Crippen molar-refractivity contribution >= 4 is 15.9 Å². The average Bonchev–Trinajstić information content (AvgIpc) is 3.51. The Morgan fingerprint density at radius 3 is 2.09 bits per heavy atom. The van der Waals surface area contributed by atoms with Crippen molar-refractivity contribution in [2.45, 2.75) is 12.8 Å². The first-order chi connectivity index (χ1) is 14.7. The van der Waals surface area contributed by atoms with Crippen molar-refractivity contribution in [3.63, 3.8) is 0 Å². The minimum atomic E-state index is 0. The van der Waals surface area contributed by atoms with E-state index >= 15 is 0 Å². The van der Waals surface area contributed by atoms with Crippen LogP contribution in [0.1, 0.15) is 34.2 Å². The summed E-state index contributed by atoms with van der Waals surface area (Å²) in [5.74, 6) is 0. The molecule has 2 aliphatic rings. The summed E-state index contributed by atoms with van der Waals surface area (Å²) in [6.07, 6.45) is 14.7. The van der Waals surface area contributed by atoms with Crippen molar-refractivity contribution in [2.24, 2.45) is 0 Å². The van der Waals surface area contributed by atoms with E-state index in [0.717, 1.165) is 18.4 Å². The van der Waals surface area contributed by atoms with Gasteiger partial charge in [0.05, 0.1) is 0 Å². The van der Waals surface area contributed by atoms with Crippen LogP contribution >= 0.6 is 0 Å². The zero-order chi connectivity index (χ0) is 21.2. The number of hydrogen-bond acceptors (Lipinski definition) is 0. The van der Waals surface area contributed by atoms with Gasteiger partial charge in [-0.15, -0.1) is 30.2 Å². The zero-order valence-corrected chi connectivity index (χ0v) is 21.8. The van der Waals surface area contributed by atoms with E-state index in [4.69, 9.17) is 0 Å². The zero-order valence-electron chi connectivity index (χ0n) is 17.8. The van der Waals surface area contributed by atoms with E-state index in [9.17, 15) is 0 Å². The number of allylic oxidation sites excluding steroid dienone is 4. The summed E-state index contributed by atoms with van der Waals surface area (Å²) >= 11 is 1.46. The molecule has 160 valence electrons. The van der Waals surface area contributed by atoms with E-state index < -0.39 is 0 Å². The van der Waals surface area contributed by atoms with Crippen LogP contribution in [0.4, 0.5) is 0 Å². The van der Waals surface area contributed by atoms with Crippen LogP contribution in [0.3, 0.4) is 0 Å². The summed E-state index contributed by atoms with van der Waals surface area (Å²) in [6.45, 7) is 7.63. The molecule has 0 aromatic heterocycles. The molecule has 0 aliphatic heterocycles. The molecule has 0 saturated heterocycles. The van der Waals surface area contributed by atoms with Gasteiger partial charge in [-0.1, -0.05) is 42.0 Å². The molecule has 32 heavy (non-hydrogen) atoms. The molecule has 2 aliphatic carbocycles. The van der Waals surface area contributed by atoms with E-state index in [-0.39, 0.29) is 24.8 Å². The van der Waals surface area contributed by atoms with Gasteiger partial charge in [0.25, 0.3) is 0 Å². The minimum absolute atomic E-state index is 0. The Balaban J connectivity index is 0.000000286. The molecule has 0 spiro atoms. The Bertz CT molecular complexity index is 1030. The maximum absolute atomic E-state index is 3.82. The van der Waals surface area contributed by atoms with Crippen LogP contribution in [0.25, 0.3) is 23.3 Å². The fraction of sp³-hybridized carbons (Fsp3) is 0.0690. The van der Waals surface area contributed by atoms with Crippen molar-refractivity contribution in [3.05, 3.63) is 132 Å². The van der Waals surface area contributed by atoms with Crippen LogP contribution in [0.15, 0.2) is 92.0 Å². The van der Waals surface area contributed by atoms with Gasteiger partial charge < -0.3 is 24.8 Å². The topological polar surface area (TPSA) is 0 Å². The molecule has 3 aromatic rings. The molecule has 0 unspecified atom stereocenters. The van der Waals surface area contributed by atoms with E-state index in [1.807, 2.05) is 36.4 Å². The number of rotatable bonds is 3. The molecule has 3 aromatic carbocycles. The van der Waals surface area contributed by atoms with Crippen LogP contribution in [0, 0.1) is 12.1 Å². The van der Waals surface area contributed by atoms with Crippen molar-refractivity contribution in [3.8, 4) is 11.1 Å². The van der Waals surface area contributed by atoms with Gasteiger partial charge in [-0.25, -0.2) is 12.2 Å². The quantitative estimate of drug-likeness (QED) is 0.345. The van der Waals surface area contributed by atoms with Crippen molar-refractivity contribution in [1.82, 2.24) is 0 Å². The van der Waals surface area contributed by atoms with E-state index in [1.165, 1.54) is 57.6 Å². The van der Waals surface area contributed by atoms with Gasteiger partial charge in [-0.3, -0.25) is 6.08 Å². The van der Waals surface area contributed by atoms with Crippen LogP contribution in [-0.4, -0.2) is 3.71 Å². The van der Waals surface area contributed by atoms with Crippen LogP contribution in [0.2, 0.25) is 0 Å². The molecule has 0 atom stereocenters. The first kappa shape index (κ1) is 28.0. The number of halogens is 2. The molecular weight excluding hydrogens is 510 g/mol. The third kappa shape index (κ3) is 7.82. The summed E-state index contributed by atoms with van der Waals surface area (Å²) in [4.78, 5) is 0. The van der Waals surface area contributed by atoms with E-state index in [1.54, 1.807) is 0 Å². The third-order valence-electron chi connectivity index (χ3n) is 4.86. The predicted molar refractivity (Wildman–Crippen MR) is 127 cm³/mol. The SMILES string of the molecule is C=Cc1c[c-]c2c(c1)-c1cc(C=C)ccc1C2.[C-]1=CC=CC1.[Cl-].[Cl-].[Zr+2]=[CH]c1ccccc1. The van der Waals surface area contributed by atoms with E-state index in [0.29, 0.717) is 0 Å². The fourth-order valence-electron chi connectivity index (χ4n) is 3.25. The second kappa shape index (κ2) is 14.9. The summed E-state index contributed by atoms with van der Waals surface area (Å²) in [7, 11) is 0. The Labute approximate surface area is 219 Å². The van der Waals surface area contributed by atoms with Gasteiger partial charge in [0.15, 0.2) is 0 Å². The average molecular weight is 535 g/mol.